The summed E-state index contributed by atoms with van der Waals surface area (Å²) in [5.74, 6) is 3.20. The van der Waals surface area contributed by atoms with Gasteiger partial charge in [0.05, 0.1) is 19.5 Å². The van der Waals surface area contributed by atoms with E-state index < -0.39 is 0 Å². The van der Waals surface area contributed by atoms with E-state index in [4.69, 9.17) is 29.2 Å². The molecule has 11 heteroatoms. The third kappa shape index (κ3) is 5.61. The maximum Gasteiger partial charge on any atom is 0.231 e. The Balaban J connectivity index is 1.03. The molecule has 3 aliphatic heterocycles. The molecule has 0 atom stereocenters. The number of ether oxygens (including phenoxy) is 3. The monoisotopic (exact) mass is 596 g/mol. The summed E-state index contributed by atoms with van der Waals surface area (Å²) < 4.78 is 18.9. The molecule has 8 rings (SSSR count). The van der Waals surface area contributed by atoms with E-state index in [9.17, 15) is 0 Å². The number of benzene rings is 2. The summed E-state index contributed by atoms with van der Waals surface area (Å²) in [5.41, 5.74) is 5.21. The minimum Gasteiger partial charge on any atom is -0.454 e. The summed E-state index contributed by atoms with van der Waals surface area (Å²) in [5, 5.41) is 3.61. The van der Waals surface area contributed by atoms with Crippen molar-refractivity contribution in [3.8, 4) is 11.5 Å². The van der Waals surface area contributed by atoms with Gasteiger partial charge in [0.1, 0.15) is 0 Å². The van der Waals surface area contributed by atoms with Gasteiger partial charge in [-0.1, -0.05) is 25.3 Å². The Hall–Kier alpha value is -4.09. The standard InChI is InChI=1S/C33H40N8O3/c1-2-4-27(5-3-1)41-22-34-30-31(35-25-7-9-26(10-8-25)39-16-18-42-19-17-39)36-33(37-32(30)41)40-14-12-38(13-15-40)21-24-6-11-28-29(20-24)44-23-43-28/h6-11,20,22,27H,1-5,12-19,21,23H2,(H,35,36,37). The first-order valence-electron chi connectivity index (χ1n) is 16.1. The number of hydrogen-bond donors (Lipinski definition) is 1. The fourth-order valence-corrected chi connectivity index (χ4v) is 6.88. The highest BCUT2D eigenvalue weighted by molar-refractivity contribution is 5.87. The predicted molar refractivity (Wildman–Crippen MR) is 170 cm³/mol. The molecule has 0 bridgehead atoms. The summed E-state index contributed by atoms with van der Waals surface area (Å²) in [6.45, 7) is 8.17. The van der Waals surface area contributed by atoms with Crippen LogP contribution in [0.25, 0.3) is 11.2 Å². The molecular formula is C33H40N8O3. The van der Waals surface area contributed by atoms with Gasteiger partial charge in [-0.15, -0.1) is 0 Å². The first kappa shape index (κ1) is 27.5. The van der Waals surface area contributed by atoms with Gasteiger partial charge in [0.15, 0.2) is 28.5 Å². The second kappa shape index (κ2) is 12.1. The number of nitrogens with one attached hydrogen (secondary N) is 1. The van der Waals surface area contributed by atoms with Gasteiger partial charge >= 0.3 is 0 Å². The molecule has 5 heterocycles. The molecule has 3 fully saturated rings. The van der Waals surface area contributed by atoms with Gasteiger partial charge in [0.2, 0.25) is 12.7 Å². The fraction of sp³-hybridized carbons (Fsp3) is 0.485. The van der Waals surface area contributed by atoms with Crippen LogP contribution in [0, 0.1) is 0 Å². The molecule has 230 valence electrons. The number of morpholine rings is 1. The molecule has 1 aliphatic carbocycles. The molecule has 4 aliphatic rings. The van der Waals surface area contributed by atoms with Crippen molar-refractivity contribution in [2.24, 2.45) is 0 Å². The average Bonchev–Trinajstić information content (AvgIpc) is 3.74. The number of rotatable bonds is 7. The van der Waals surface area contributed by atoms with Crippen molar-refractivity contribution >= 4 is 34.3 Å². The van der Waals surface area contributed by atoms with Crippen LogP contribution in [0.2, 0.25) is 0 Å². The Bertz CT molecular complexity index is 1590. The number of nitrogens with zero attached hydrogens (tertiary/aromatic N) is 7. The maximum absolute atomic E-state index is 5.59. The van der Waals surface area contributed by atoms with Gasteiger partial charge < -0.3 is 33.9 Å². The van der Waals surface area contributed by atoms with Crippen LogP contribution in [0.3, 0.4) is 0 Å². The highest BCUT2D eigenvalue weighted by Crippen LogP contribution is 2.35. The molecule has 0 spiro atoms. The van der Waals surface area contributed by atoms with Crippen molar-refractivity contribution in [1.82, 2.24) is 24.4 Å². The Kier molecular flexibility index (Phi) is 7.57. The van der Waals surface area contributed by atoms with Crippen LogP contribution in [-0.4, -0.2) is 83.7 Å². The Morgan fingerprint density at radius 1 is 0.795 bits per heavy atom. The number of imidazole rings is 1. The first-order chi connectivity index (χ1) is 21.8. The number of hydrogen-bond acceptors (Lipinski definition) is 10. The molecule has 2 saturated heterocycles. The zero-order valence-corrected chi connectivity index (χ0v) is 25.2. The normalized spacial score (nSPS) is 19.5. The molecule has 1 N–H and O–H groups in total. The predicted octanol–water partition coefficient (Wildman–Crippen LogP) is 4.96. The second-order valence-corrected chi connectivity index (χ2v) is 12.2. The van der Waals surface area contributed by atoms with E-state index in [1.165, 1.54) is 43.4 Å². The molecular weight excluding hydrogens is 556 g/mol. The molecule has 1 saturated carbocycles. The summed E-state index contributed by atoms with van der Waals surface area (Å²) in [7, 11) is 0. The van der Waals surface area contributed by atoms with Gasteiger partial charge in [0.25, 0.3) is 0 Å². The number of fused-ring (bicyclic) bond motifs is 2. The SMILES string of the molecule is c1cc2c(cc1CN1CCN(c3nc(Nc4ccc(N5CCOCC5)cc4)c4ncn(C5CCCCC5)c4n3)CC1)OCO2. The Labute approximate surface area is 257 Å². The quantitative estimate of drug-likeness (QED) is 0.316. The van der Waals surface area contributed by atoms with Crippen molar-refractivity contribution in [1.29, 1.82) is 0 Å². The van der Waals surface area contributed by atoms with Crippen molar-refractivity contribution < 1.29 is 14.2 Å². The first-order valence-corrected chi connectivity index (χ1v) is 16.1. The fourth-order valence-electron chi connectivity index (χ4n) is 6.88. The summed E-state index contributed by atoms with van der Waals surface area (Å²) in [6.07, 6.45) is 8.16. The molecule has 2 aromatic heterocycles. The molecule has 0 radical (unpaired) electrons. The zero-order valence-electron chi connectivity index (χ0n) is 25.2. The highest BCUT2D eigenvalue weighted by atomic mass is 16.7. The van der Waals surface area contributed by atoms with Crippen LogP contribution in [0.5, 0.6) is 11.5 Å². The summed E-state index contributed by atoms with van der Waals surface area (Å²) in [6, 6.07) is 15.3. The van der Waals surface area contributed by atoms with E-state index in [1.807, 2.05) is 12.4 Å². The molecule has 0 unspecified atom stereocenters. The van der Waals surface area contributed by atoms with Crippen LogP contribution >= 0.6 is 0 Å². The lowest BCUT2D eigenvalue weighted by molar-refractivity contribution is 0.122. The van der Waals surface area contributed by atoms with Crippen LogP contribution in [0.4, 0.5) is 23.1 Å². The van der Waals surface area contributed by atoms with Crippen molar-refractivity contribution in [3.63, 3.8) is 0 Å². The van der Waals surface area contributed by atoms with E-state index in [2.05, 4.69) is 61.0 Å². The number of aromatic nitrogens is 4. The minimum absolute atomic E-state index is 0.304. The number of anilines is 4. The van der Waals surface area contributed by atoms with Crippen LogP contribution in [-0.2, 0) is 11.3 Å². The molecule has 44 heavy (non-hydrogen) atoms. The lowest BCUT2D eigenvalue weighted by Gasteiger charge is -2.35. The maximum atomic E-state index is 5.59. The highest BCUT2D eigenvalue weighted by Gasteiger charge is 2.25. The Morgan fingerprint density at radius 2 is 1.59 bits per heavy atom. The van der Waals surface area contributed by atoms with Gasteiger partial charge in [-0.2, -0.15) is 9.97 Å². The summed E-state index contributed by atoms with van der Waals surface area (Å²) >= 11 is 0. The second-order valence-electron chi connectivity index (χ2n) is 12.2. The zero-order chi connectivity index (χ0) is 29.3. The molecule has 4 aromatic rings. The van der Waals surface area contributed by atoms with E-state index in [-0.39, 0.29) is 0 Å². The Morgan fingerprint density at radius 3 is 2.41 bits per heavy atom. The van der Waals surface area contributed by atoms with Crippen LogP contribution < -0.4 is 24.6 Å². The van der Waals surface area contributed by atoms with Gasteiger partial charge in [-0.25, -0.2) is 4.98 Å². The third-order valence-electron chi connectivity index (χ3n) is 9.38. The third-order valence-corrected chi connectivity index (χ3v) is 9.38. The largest absolute Gasteiger partial charge is 0.454 e. The lowest BCUT2D eigenvalue weighted by Crippen LogP contribution is -2.46. The van der Waals surface area contributed by atoms with Crippen LogP contribution in [0.15, 0.2) is 48.8 Å². The molecule has 2 aromatic carbocycles. The van der Waals surface area contributed by atoms with E-state index in [0.29, 0.717) is 12.8 Å². The topological polar surface area (TPSA) is 93.0 Å². The van der Waals surface area contributed by atoms with Crippen molar-refractivity contribution in [2.45, 2.75) is 44.7 Å². The van der Waals surface area contributed by atoms with Gasteiger partial charge in [0, 0.05) is 63.2 Å². The van der Waals surface area contributed by atoms with E-state index >= 15 is 0 Å². The van der Waals surface area contributed by atoms with E-state index in [1.54, 1.807) is 0 Å². The minimum atomic E-state index is 0.304. The number of piperazine rings is 1. The van der Waals surface area contributed by atoms with E-state index in [0.717, 1.165) is 99.1 Å². The smallest absolute Gasteiger partial charge is 0.231 e. The van der Waals surface area contributed by atoms with Gasteiger partial charge in [-0.05, 0) is 54.8 Å². The van der Waals surface area contributed by atoms with Crippen LogP contribution in [0.1, 0.15) is 43.7 Å². The van der Waals surface area contributed by atoms with Gasteiger partial charge in [-0.3, -0.25) is 4.90 Å². The van der Waals surface area contributed by atoms with Crippen molar-refractivity contribution in [3.05, 3.63) is 54.4 Å². The summed E-state index contributed by atoms with van der Waals surface area (Å²) in [4.78, 5) is 22.3. The van der Waals surface area contributed by atoms with Crippen molar-refractivity contribution in [2.75, 3.05) is 74.4 Å². The molecule has 11 nitrogen and oxygen atoms in total. The lowest BCUT2D eigenvalue weighted by atomic mass is 9.95. The average molecular weight is 597 g/mol. The molecule has 0 amide bonds.